The lowest BCUT2D eigenvalue weighted by molar-refractivity contribution is 0.764. The maximum absolute atomic E-state index is 5.15. The quantitative estimate of drug-likeness (QED) is 0.136. The Hall–Kier alpha value is -7.49. The average molecular weight is 741 g/mol. The predicted molar refractivity (Wildman–Crippen MR) is 228 cm³/mol. The van der Waals surface area contributed by atoms with Gasteiger partial charge in [-0.3, -0.25) is 4.98 Å². The second-order valence-corrected chi connectivity index (χ2v) is 13.7. The molecule has 0 aliphatic heterocycles. The summed E-state index contributed by atoms with van der Waals surface area (Å²) in [6, 6.07) is 62.6. The lowest BCUT2D eigenvalue weighted by atomic mass is 9.95. The third-order valence-electron chi connectivity index (χ3n) is 9.83. The van der Waals surface area contributed by atoms with Gasteiger partial charge in [0.25, 0.3) is 11.7 Å². The van der Waals surface area contributed by atoms with E-state index in [-0.39, 0.29) is 0 Å². The third-order valence-corrected chi connectivity index (χ3v) is 10.4. The molecule has 0 radical (unpaired) electrons. The van der Waals surface area contributed by atoms with Gasteiger partial charge in [0.1, 0.15) is 11.0 Å². The van der Waals surface area contributed by atoms with Gasteiger partial charge in [0.15, 0.2) is 0 Å². The molecule has 0 saturated carbocycles. The summed E-state index contributed by atoms with van der Waals surface area (Å²) in [6.45, 7) is 0. The molecule has 0 bridgehead atoms. The second-order valence-electron chi connectivity index (χ2n) is 13.2. The Kier molecular flexibility index (Phi) is 8.51. The van der Waals surface area contributed by atoms with Crippen LogP contribution in [0.15, 0.2) is 194 Å². The molecule has 0 aliphatic carbocycles. The summed E-state index contributed by atoms with van der Waals surface area (Å²) in [4.78, 5) is 10.4. The molecule has 9 heteroatoms. The summed E-state index contributed by atoms with van der Waals surface area (Å²) in [5, 5.41) is 10.3. The molecule has 0 saturated heterocycles. The van der Waals surface area contributed by atoms with Crippen molar-refractivity contribution in [2.45, 2.75) is 0 Å². The van der Waals surface area contributed by atoms with E-state index in [0.29, 0.717) is 0 Å². The van der Waals surface area contributed by atoms with Crippen LogP contribution in [0.1, 0.15) is 0 Å². The maximum Gasteiger partial charge on any atom is 0.279 e. The fourth-order valence-corrected chi connectivity index (χ4v) is 7.84. The molecule has 266 valence electrons. The summed E-state index contributed by atoms with van der Waals surface area (Å²) >= 11 is 1.20. The number of rotatable bonds is 9. The molecular formula is C47H32N8S. The van der Waals surface area contributed by atoms with Crippen molar-refractivity contribution in [3.05, 3.63) is 194 Å². The van der Waals surface area contributed by atoms with E-state index in [1.807, 2.05) is 36.4 Å². The fraction of sp³-hybridized carbons (Fsp3) is 0. The Balaban J connectivity index is 1.12. The van der Waals surface area contributed by atoms with Crippen LogP contribution < -0.4 is 14.2 Å². The predicted octanol–water partition coefficient (Wildman–Crippen LogP) is 11.9. The molecule has 0 atom stereocenters. The zero-order valence-corrected chi connectivity index (χ0v) is 30.8. The number of fused-ring (bicyclic) bond motifs is 2. The van der Waals surface area contributed by atoms with Gasteiger partial charge in [-0.05, 0) is 96.1 Å². The van der Waals surface area contributed by atoms with Gasteiger partial charge in [-0.2, -0.15) is 13.5 Å². The molecule has 0 aliphatic rings. The van der Waals surface area contributed by atoms with Gasteiger partial charge in [0, 0.05) is 68.7 Å². The van der Waals surface area contributed by atoms with Gasteiger partial charge in [-0.25, -0.2) is 0 Å². The van der Waals surface area contributed by atoms with Crippen LogP contribution in [0.5, 0.6) is 0 Å². The summed E-state index contributed by atoms with van der Waals surface area (Å²) in [5.74, 6) is 0. The minimum atomic E-state index is 0.743. The molecule has 10 rings (SSSR count). The van der Waals surface area contributed by atoms with Gasteiger partial charge in [0.05, 0.1) is 5.69 Å². The van der Waals surface area contributed by atoms with Crippen LogP contribution in [0.3, 0.4) is 0 Å². The van der Waals surface area contributed by atoms with Gasteiger partial charge in [-0.15, -0.1) is 10.2 Å². The first kappa shape index (κ1) is 33.1. The topological polar surface area (TPSA) is 77.1 Å². The molecule has 0 unspecified atom stereocenters. The number of aromatic nitrogens is 6. The number of pyridine rings is 1. The van der Waals surface area contributed by atoms with Crippen molar-refractivity contribution in [1.82, 2.24) is 28.7 Å². The Morgan fingerprint density at radius 2 is 0.804 bits per heavy atom. The standard InChI is InChI=1S/C47H32N8S/c1-5-13-35(14-6-1)53(36-15-7-2-8-16-36)39-25-21-33(22-26-39)42-44-45(50-55(49-44)41-29-31-48-32-30-41)43(47-46(42)51-56-52-47)34-23-27-40(28-24-34)54(37-17-9-3-10-18-37)38-19-11-4-12-20-38/h1-32H. The normalized spacial score (nSPS) is 11.2. The van der Waals surface area contributed by atoms with Crippen LogP contribution in [0.25, 0.3) is 50.0 Å². The second kappa shape index (κ2) is 14.4. The summed E-state index contributed by atoms with van der Waals surface area (Å²) in [7, 11) is 0. The monoisotopic (exact) mass is 740 g/mol. The highest BCUT2D eigenvalue weighted by molar-refractivity contribution is 7.00. The van der Waals surface area contributed by atoms with E-state index in [0.717, 1.165) is 84.1 Å². The van der Waals surface area contributed by atoms with Crippen LogP contribution >= 0.6 is 11.7 Å². The first-order chi connectivity index (χ1) is 27.8. The van der Waals surface area contributed by atoms with Crippen molar-refractivity contribution in [3.8, 4) is 27.9 Å². The van der Waals surface area contributed by atoms with Crippen LogP contribution in [0.4, 0.5) is 34.1 Å². The van der Waals surface area contributed by atoms with Gasteiger partial charge in [-0.1, -0.05) is 97.1 Å². The SMILES string of the molecule is c1ccc(N(c2ccccc2)c2ccc(-c3c4nn(-c5ccncc5)nc4c(-c4ccc(N(c5ccccc5)c5ccccc5)cc4)c4[n-][s+]nc34)cc2)cc1. The first-order valence-corrected chi connectivity index (χ1v) is 19.0. The number of anilines is 6. The van der Waals surface area contributed by atoms with E-state index >= 15 is 0 Å². The average Bonchev–Trinajstić information content (AvgIpc) is 3.94. The maximum atomic E-state index is 5.15. The highest BCUT2D eigenvalue weighted by Gasteiger charge is 2.23. The molecule has 10 aromatic rings. The largest absolute Gasteiger partial charge is 0.311 e. The van der Waals surface area contributed by atoms with Crippen LogP contribution in [0, 0.1) is 0 Å². The molecule has 3 heterocycles. The number of hydrogen-bond acceptors (Lipinski definition) is 6. The molecule has 0 N–H and O–H groups in total. The number of nitrogens with zero attached hydrogens (tertiary/aromatic N) is 8. The van der Waals surface area contributed by atoms with Crippen molar-refractivity contribution < 1.29 is 0 Å². The Bertz CT molecular complexity index is 2630. The van der Waals surface area contributed by atoms with Crippen LogP contribution in [0.2, 0.25) is 0 Å². The van der Waals surface area contributed by atoms with E-state index in [1.54, 1.807) is 17.2 Å². The molecule has 0 amide bonds. The molecule has 7 aromatic carbocycles. The summed E-state index contributed by atoms with van der Waals surface area (Å²) in [5.41, 5.74) is 14.0. The highest BCUT2D eigenvalue weighted by Crippen LogP contribution is 2.44. The fourth-order valence-electron chi connectivity index (χ4n) is 7.28. The minimum Gasteiger partial charge on any atom is -0.311 e. The van der Waals surface area contributed by atoms with Crippen molar-refractivity contribution in [2.75, 3.05) is 9.80 Å². The molecule has 3 aromatic heterocycles. The van der Waals surface area contributed by atoms with E-state index in [1.165, 1.54) is 11.7 Å². The van der Waals surface area contributed by atoms with E-state index in [4.69, 9.17) is 18.9 Å². The van der Waals surface area contributed by atoms with Crippen molar-refractivity contribution in [3.63, 3.8) is 0 Å². The van der Waals surface area contributed by atoms with E-state index in [9.17, 15) is 0 Å². The van der Waals surface area contributed by atoms with Gasteiger partial charge in [0.2, 0.25) is 0 Å². The third kappa shape index (κ3) is 6.02. The zero-order chi connectivity index (χ0) is 37.3. The smallest absolute Gasteiger partial charge is 0.279 e. The molecule has 8 nitrogen and oxygen atoms in total. The Morgan fingerprint density at radius 3 is 1.25 bits per heavy atom. The summed E-state index contributed by atoms with van der Waals surface area (Å²) in [6.07, 6.45) is 3.50. The Morgan fingerprint density at radius 1 is 0.411 bits per heavy atom. The Labute approximate surface area is 327 Å². The molecule has 56 heavy (non-hydrogen) atoms. The lowest BCUT2D eigenvalue weighted by Gasteiger charge is -2.25. The molecular weight excluding hydrogens is 709 g/mol. The molecule has 0 spiro atoms. The van der Waals surface area contributed by atoms with Gasteiger partial charge >= 0.3 is 0 Å². The molecule has 0 fully saturated rings. The van der Waals surface area contributed by atoms with Crippen molar-refractivity contribution >= 4 is 67.9 Å². The lowest BCUT2D eigenvalue weighted by Crippen LogP contribution is -2.09. The number of benzene rings is 7. The van der Waals surface area contributed by atoms with Crippen LogP contribution in [-0.4, -0.2) is 24.4 Å². The zero-order valence-electron chi connectivity index (χ0n) is 30.0. The highest BCUT2D eigenvalue weighted by atomic mass is 32.1. The van der Waals surface area contributed by atoms with E-state index < -0.39 is 0 Å². The van der Waals surface area contributed by atoms with E-state index in [2.05, 4.69) is 160 Å². The minimum absolute atomic E-state index is 0.743. The van der Waals surface area contributed by atoms with Gasteiger partial charge < -0.3 is 9.80 Å². The summed E-state index contributed by atoms with van der Waals surface area (Å²) < 4.78 is 9.83. The van der Waals surface area contributed by atoms with Crippen LogP contribution in [-0.2, 0) is 0 Å². The first-order valence-electron chi connectivity index (χ1n) is 18.3. The number of hydrogen-bond donors (Lipinski definition) is 0. The van der Waals surface area contributed by atoms with Crippen molar-refractivity contribution in [1.29, 1.82) is 0 Å². The van der Waals surface area contributed by atoms with Crippen molar-refractivity contribution in [2.24, 2.45) is 0 Å². The number of para-hydroxylation sites is 4.